The minimum Gasteiger partial charge on any atom is -0.489 e. The molecule has 0 aliphatic rings. The van der Waals surface area contributed by atoms with Crippen LogP contribution in [0.5, 0.6) is 5.75 Å². The van der Waals surface area contributed by atoms with E-state index in [2.05, 4.69) is 10.2 Å². The van der Waals surface area contributed by atoms with Gasteiger partial charge in [0.15, 0.2) is 5.78 Å². The van der Waals surface area contributed by atoms with Gasteiger partial charge < -0.3 is 20.9 Å². The molecule has 0 bridgehead atoms. The van der Waals surface area contributed by atoms with Crippen LogP contribution in [0.2, 0.25) is 0 Å². The van der Waals surface area contributed by atoms with Crippen LogP contribution in [0.4, 0.5) is 10.8 Å². The van der Waals surface area contributed by atoms with E-state index in [1.54, 1.807) is 12.1 Å². The number of ketones is 1. The molecule has 0 saturated carbocycles. The molecule has 0 saturated heterocycles. The van der Waals surface area contributed by atoms with Gasteiger partial charge in [-0.15, -0.1) is 10.2 Å². The standard InChI is InChI=1S/C34H31N5O5S/c35-19-30(40)39(34-38-37-22-45-34)29-13-7-12-27(33(42)44-21-25-10-5-2-6-11-25)31(29)32(41)28(36)18-23-14-16-26(17-15-23)43-20-24-8-3-1-4-9-24/h1-17,22,28H,18-21,35-36H2/t28-/m0/s1. The molecule has 1 aromatic heterocycles. The molecule has 228 valence electrons. The van der Waals surface area contributed by atoms with Crippen LogP contribution in [0, 0.1) is 0 Å². The summed E-state index contributed by atoms with van der Waals surface area (Å²) < 4.78 is 11.5. The van der Waals surface area contributed by atoms with Crippen molar-refractivity contribution in [1.82, 2.24) is 10.2 Å². The summed E-state index contributed by atoms with van der Waals surface area (Å²) in [6, 6.07) is 29.8. The normalized spacial score (nSPS) is 11.4. The minimum absolute atomic E-state index is 0.00980. The van der Waals surface area contributed by atoms with Gasteiger partial charge in [0.1, 0.15) is 24.5 Å². The predicted octanol–water partition coefficient (Wildman–Crippen LogP) is 4.85. The molecule has 11 heteroatoms. The van der Waals surface area contributed by atoms with E-state index in [9.17, 15) is 14.4 Å². The molecule has 5 aromatic rings. The van der Waals surface area contributed by atoms with Crippen LogP contribution in [0.25, 0.3) is 0 Å². The molecule has 1 heterocycles. The highest BCUT2D eigenvalue weighted by Gasteiger charge is 2.31. The molecule has 0 fully saturated rings. The Kier molecular flexibility index (Phi) is 10.4. The van der Waals surface area contributed by atoms with Crippen molar-refractivity contribution < 1.29 is 23.9 Å². The maximum atomic E-state index is 14.1. The van der Waals surface area contributed by atoms with Crippen molar-refractivity contribution in [1.29, 1.82) is 0 Å². The third kappa shape index (κ3) is 7.84. The number of hydrogen-bond donors (Lipinski definition) is 2. The van der Waals surface area contributed by atoms with E-state index < -0.39 is 23.7 Å². The molecule has 4 N–H and O–H groups in total. The number of aromatic nitrogens is 2. The summed E-state index contributed by atoms with van der Waals surface area (Å²) in [5.74, 6) is -1.17. The lowest BCUT2D eigenvalue weighted by atomic mass is 9.93. The van der Waals surface area contributed by atoms with Crippen molar-refractivity contribution in [2.45, 2.75) is 25.7 Å². The third-order valence-electron chi connectivity index (χ3n) is 6.89. The SMILES string of the molecule is NCC(=O)N(c1nncs1)c1cccc(C(=O)OCc2ccccc2)c1C(=O)[C@@H](N)Cc1ccc(OCc2ccccc2)cc1. The Morgan fingerprint density at radius 2 is 1.47 bits per heavy atom. The summed E-state index contributed by atoms with van der Waals surface area (Å²) in [5.41, 5.74) is 16.3. The first-order chi connectivity index (χ1) is 21.9. The molecule has 45 heavy (non-hydrogen) atoms. The van der Waals surface area contributed by atoms with Crippen LogP contribution < -0.4 is 21.1 Å². The molecule has 0 aliphatic heterocycles. The van der Waals surface area contributed by atoms with Crippen LogP contribution in [0.15, 0.2) is 109 Å². The average molecular weight is 622 g/mol. The van der Waals surface area contributed by atoms with Crippen LogP contribution in [0.3, 0.4) is 0 Å². The van der Waals surface area contributed by atoms with Crippen molar-refractivity contribution in [3.05, 3.63) is 136 Å². The molecule has 0 spiro atoms. The molecule has 5 rings (SSSR count). The van der Waals surface area contributed by atoms with E-state index in [-0.39, 0.29) is 41.5 Å². The number of anilines is 2. The molecule has 1 atom stereocenters. The second-order valence-electron chi connectivity index (χ2n) is 10.0. The number of nitrogens with zero attached hydrogens (tertiary/aromatic N) is 3. The summed E-state index contributed by atoms with van der Waals surface area (Å²) >= 11 is 1.08. The molecule has 0 radical (unpaired) electrons. The fraction of sp³-hybridized carbons (Fsp3) is 0.147. The zero-order valence-corrected chi connectivity index (χ0v) is 25.1. The maximum Gasteiger partial charge on any atom is 0.339 e. The zero-order valence-electron chi connectivity index (χ0n) is 24.2. The average Bonchev–Trinajstić information content (AvgIpc) is 3.62. The molecule has 4 aromatic carbocycles. The fourth-order valence-electron chi connectivity index (χ4n) is 4.65. The van der Waals surface area contributed by atoms with E-state index in [1.807, 2.05) is 84.9 Å². The Morgan fingerprint density at radius 1 is 0.800 bits per heavy atom. The van der Waals surface area contributed by atoms with Crippen molar-refractivity contribution in [2.24, 2.45) is 11.5 Å². The number of Topliss-reactive ketones (excluding diaryl/α,β-unsaturated/α-hetero) is 1. The Bertz CT molecular complexity index is 1730. The van der Waals surface area contributed by atoms with Gasteiger partial charge in [-0.3, -0.25) is 14.5 Å². The van der Waals surface area contributed by atoms with Gasteiger partial charge in [-0.1, -0.05) is 90.2 Å². The number of amides is 1. The number of nitrogens with two attached hydrogens (primary N) is 2. The van der Waals surface area contributed by atoms with E-state index in [4.69, 9.17) is 20.9 Å². The maximum absolute atomic E-state index is 14.1. The second-order valence-corrected chi connectivity index (χ2v) is 10.8. The molecular weight excluding hydrogens is 590 g/mol. The van der Waals surface area contributed by atoms with E-state index in [0.29, 0.717) is 12.4 Å². The summed E-state index contributed by atoms with van der Waals surface area (Å²) in [7, 11) is 0. The van der Waals surface area contributed by atoms with Crippen LogP contribution >= 0.6 is 11.3 Å². The zero-order chi connectivity index (χ0) is 31.6. The smallest absolute Gasteiger partial charge is 0.339 e. The lowest BCUT2D eigenvalue weighted by Gasteiger charge is -2.24. The minimum atomic E-state index is -1.06. The predicted molar refractivity (Wildman–Crippen MR) is 171 cm³/mol. The van der Waals surface area contributed by atoms with E-state index in [1.165, 1.54) is 16.5 Å². The molecule has 10 nitrogen and oxygen atoms in total. The fourth-order valence-corrected chi connectivity index (χ4v) is 5.24. The van der Waals surface area contributed by atoms with Crippen LogP contribution in [-0.4, -0.2) is 40.4 Å². The van der Waals surface area contributed by atoms with Crippen molar-refractivity contribution in [3.63, 3.8) is 0 Å². The number of hydrogen-bond acceptors (Lipinski definition) is 10. The number of benzene rings is 4. The van der Waals surface area contributed by atoms with E-state index >= 15 is 0 Å². The highest BCUT2D eigenvalue weighted by molar-refractivity contribution is 7.13. The lowest BCUT2D eigenvalue weighted by molar-refractivity contribution is -0.116. The van der Waals surface area contributed by atoms with Crippen molar-refractivity contribution >= 4 is 39.8 Å². The highest BCUT2D eigenvalue weighted by Crippen LogP contribution is 2.33. The second kappa shape index (κ2) is 15.0. The number of esters is 1. The first-order valence-electron chi connectivity index (χ1n) is 14.1. The number of carbonyl (C=O) groups is 3. The van der Waals surface area contributed by atoms with Gasteiger partial charge in [-0.25, -0.2) is 4.79 Å². The molecule has 1 amide bonds. The van der Waals surface area contributed by atoms with Gasteiger partial charge in [0, 0.05) is 0 Å². The Labute approximate surface area is 264 Å². The first-order valence-corrected chi connectivity index (χ1v) is 15.0. The summed E-state index contributed by atoms with van der Waals surface area (Å²) in [6.07, 6.45) is 0.161. The number of carbonyl (C=O) groups excluding carboxylic acids is 3. The molecule has 0 unspecified atom stereocenters. The number of ether oxygens (including phenoxy) is 2. The van der Waals surface area contributed by atoms with Crippen LogP contribution in [0.1, 0.15) is 37.4 Å². The quantitative estimate of drug-likeness (QED) is 0.139. The van der Waals surface area contributed by atoms with Gasteiger partial charge in [0.2, 0.25) is 11.0 Å². The monoisotopic (exact) mass is 621 g/mol. The van der Waals surface area contributed by atoms with Crippen molar-refractivity contribution in [2.75, 3.05) is 11.4 Å². The lowest BCUT2D eigenvalue weighted by Crippen LogP contribution is -2.37. The summed E-state index contributed by atoms with van der Waals surface area (Å²) in [4.78, 5) is 41.8. The Morgan fingerprint density at radius 3 is 2.09 bits per heavy atom. The summed E-state index contributed by atoms with van der Waals surface area (Å²) in [6.45, 7) is 0.0372. The molecular formula is C34H31N5O5S. The van der Waals surface area contributed by atoms with Gasteiger partial charge in [-0.05, 0) is 47.4 Å². The third-order valence-corrected chi connectivity index (χ3v) is 7.57. The van der Waals surface area contributed by atoms with Crippen molar-refractivity contribution in [3.8, 4) is 5.75 Å². The molecule has 0 aliphatic carbocycles. The number of rotatable bonds is 13. The van der Waals surface area contributed by atoms with Gasteiger partial charge in [0.25, 0.3) is 0 Å². The Hall–Kier alpha value is -5.23. The van der Waals surface area contributed by atoms with Gasteiger partial charge in [0.05, 0.1) is 29.4 Å². The highest BCUT2D eigenvalue weighted by atomic mass is 32.1. The van der Waals surface area contributed by atoms with Gasteiger partial charge in [-0.2, -0.15) is 0 Å². The van der Waals surface area contributed by atoms with Gasteiger partial charge >= 0.3 is 5.97 Å². The topological polar surface area (TPSA) is 151 Å². The van der Waals surface area contributed by atoms with Crippen LogP contribution in [-0.2, 0) is 29.2 Å². The summed E-state index contributed by atoms with van der Waals surface area (Å²) in [5, 5.41) is 8.04. The van der Waals surface area contributed by atoms with E-state index in [0.717, 1.165) is 28.0 Å². The Balaban J connectivity index is 1.42. The largest absolute Gasteiger partial charge is 0.489 e. The first kappa shape index (κ1) is 31.2.